The molecule has 0 spiro atoms. The molecule has 0 unspecified atom stereocenters. The Morgan fingerprint density at radius 3 is 2.61 bits per heavy atom. The monoisotopic (exact) mass is 324 g/mol. The van der Waals surface area contributed by atoms with Gasteiger partial charge in [0.25, 0.3) is 6.43 Å². The Labute approximate surface area is 129 Å². The molecule has 23 heavy (non-hydrogen) atoms. The van der Waals surface area contributed by atoms with Gasteiger partial charge in [0.2, 0.25) is 0 Å². The van der Waals surface area contributed by atoms with Crippen LogP contribution in [0, 0.1) is 11.6 Å². The van der Waals surface area contributed by atoms with Crippen LogP contribution in [0.15, 0.2) is 47.1 Å². The lowest BCUT2D eigenvalue weighted by Crippen LogP contribution is -2.18. The van der Waals surface area contributed by atoms with E-state index in [-0.39, 0.29) is 22.4 Å². The molecule has 0 aliphatic carbocycles. The number of aromatic nitrogens is 1. The lowest BCUT2D eigenvalue weighted by Gasteiger charge is -2.06. The molecule has 1 N–H and O–H groups in total. The largest absolute Gasteiger partial charge is 0.282 e. The minimum absolute atomic E-state index is 0.101. The number of aliphatic imine (C=N–C) groups is 1. The molecule has 0 saturated heterocycles. The average molecular weight is 324 g/mol. The van der Waals surface area contributed by atoms with E-state index in [1.165, 1.54) is 19.2 Å². The molecule has 0 fully saturated rings. The molecule has 1 aromatic carbocycles. The molecule has 2 aromatic rings. The first-order valence-corrected chi connectivity index (χ1v) is 6.46. The maximum Gasteiger partial charge on any atom is 0.282 e. The van der Waals surface area contributed by atoms with Gasteiger partial charge in [-0.05, 0) is 31.2 Å². The first kappa shape index (κ1) is 16.6. The summed E-state index contributed by atoms with van der Waals surface area (Å²) in [5.74, 6) is -1.26. The molecule has 0 aliphatic heterocycles. The number of amidine groups is 1. The smallest absolute Gasteiger partial charge is 0.265 e. The van der Waals surface area contributed by atoms with Crippen molar-refractivity contribution >= 4 is 28.1 Å². The van der Waals surface area contributed by atoms with Crippen LogP contribution in [0.1, 0.15) is 6.92 Å². The number of pyridine rings is 1. The van der Waals surface area contributed by atoms with E-state index in [1.54, 1.807) is 0 Å². The molecule has 2 rings (SSSR count). The average Bonchev–Trinajstić information content (AvgIpc) is 2.51. The van der Waals surface area contributed by atoms with Gasteiger partial charge in [0.15, 0.2) is 0 Å². The van der Waals surface area contributed by atoms with Crippen molar-refractivity contribution in [1.82, 2.24) is 10.4 Å². The molecule has 0 aliphatic rings. The number of hydrazone groups is 1. The van der Waals surface area contributed by atoms with Gasteiger partial charge in [0, 0.05) is 6.20 Å². The molecule has 4 nitrogen and oxygen atoms in total. The zero-order valence-corrected chi connectivity index (χ0v) is 12.0. The van der Waals surface area contributed by atoms with E-state index in [0.717, 1.165) is 18.2 Å². The van der Waals surface area contributed by atoms with Crippen LogP contribution in [0.4, 0.5) is 23.2 Å². The zero-order chi connectivity index (χ0) is 17.0. The predicted molar refractivity (Wildman–Crippen MR) is 81.2 cm³/mol. The number of fused-ring (bicyclic) bond motifs is 1. The van der Waals surface area contributed by atoms with Crippen LogP contribution >= 0.6 is 0 Å². The molecule has 0 amide bonds. The van der Waals surface area contributed by atoms with Gasteiger partial charge in [-0.25, -0.2) is 22.6 Å². The summed E-state index contributed by atoms with van der Waals surface area (Å²) in [6, 6.07) is 3.31. The minimum atomic E-state index is -2.79. The Hall–Kier alpha value is -2.77. The molecule has 0 saturated carbocycles. The molecule has 8 heteroatoms. The van der Waals surface area contributed by atoms with Crippen LogP contribution in [0.3, 0.4) is 0 Å². The maximum atomic E-state index is 13.9. The lowest BCUT2D eigenvalue weighted by molar-refractivity contribution is 0.226. The molecule has 0 radical (unpaired) electrons. The number of nitrogens with zero attached hydrogens (tertiary/aromatic N) is 3. The molecular weight excluding hydrogens is 312 g/mol. The third kappa shape index (κ3) is 3.71. The van der Waals surface area contributed by atoms with Crippen molar-refractivity contribution in [1.29, 1.82) is 0 Å². The summed E-state index contributed by atoms with van der Waals surface area (Å²) in [4.78, 5) is 7.80. The Bertz CT molecular complexity index is 799. The van der Waals surface area contributed by atoms with Gasteiger partial charge in [-0.1, -0.05) is 6.58 Å². The number of hydrogen-bond donors (Lipinski definition) is 1. The van der Waals surface area contributed by atoms with Crippen molar-refractivity contribution in [2.45, 2.75) is 13.3 Å². The van der Waals surface area contributed by atoms with Crippen LogP contribution in [-0.4, -0.2) is 23.0 Å². The summed E-state index contributed by atoms with van der Waals surface area (Å²) in [6.07, 6.45) is -0.614. The van der Waals surface area contributed by atoms with Gasteiger partial charge >= 0.3 is 0 Å². The molecular formula is C15H12F4N4. The topological polar surface area (TPSA) is 49.6 Å². The normalized spacial score (nSPS) is 12.8. The second-order valence-corrected chi connectivity index (χ2v) is 4.43. The zero-order valence-electron chi connectivity index (χ0n) is 12.0. The fraction of sp³-hybridized carbons (Fsp3) is 0.133. The van der Waals surface area contributed by atoms with E-state index in [0.29, 0.717) is 0 Å². The molecule has 0 bridgehead atoms. The summed E-state index contributed by atoms with van der Waals surface area (Å²) < 4.78 is 52.6. The quantitative estimate of drug-likeness (QED) is 0.400. The van der Waals surface area contributed by atoms with Crippen molar-refractivity contribution < 1.29 is 17.6 Å². The number of alkyl halides is 2. The van der Waals surface area contributed by atoms with E-state index >= 15 is 0 Å². The highest BCUT2D eigenvalue weighted by atomic mass is 19.3. The maximum absolute atomic E-state index is 13.9. The highest BCUT2D eigenvalue weighted by Crippen LogP contribution is 2.28. The van der Waals surface area contributed by atoms with Gasteiger partial charge < -0.3 is 0 Å². The van der Waals surface area contributed by atoms with Crippen LogP contribution in [-0.2, 0) is 0 Å². The summed E-state index contributed by atoms with van der Waals surface area (Å²) >= 11 is 0. The van der Waals surface area contributed by atoms with Gasteiger partial charge in [-0.15, -0.1) is 0 Å². The first-order chi connectivity index (χ1) is 10.9. The van der Waals surface area contributed by atoms with Crippen molar-refractivity contribution in [2.75, 3.05) is 0 Å². The Kier molecular flexibility index (Phi) is 5.05. The number of halogens is 4. The van der Waals surface area contributed by atoms with E-state index < -0.39 is 23.8 Å². The predicted octanol–water partition coefficient (Wildman–Crippen LogP) is 3.96. The lowest BCUT2D eigenvalue weighted by atomic mass is 10.1. The van der Waals surface area contributed by atoms with Crippen molar-refractivity contribution in [3.05, 3.63) is 48.7 Å². The van der Waals surface area contributed by atoms with E-state index in [9.17, 15) is 17.6 Å². The summed E-state index contributed by atoms with van der Waals surface area (Å²) in [5.41, 5.74) is 1.69. The fourth-order valence-corrected chi connectivity index (χ4v) is 1.80. The Balaban J connectivity index is 2.41. The second kappa shape index (κ2) is 6.99. The minimum Gasteiger partial charge on any atom is -0.265 e. The second-order valence-electron chi connectivity index (χ2n) is 4.43. The number of nitrogens with one attached hydrogen (secondary N) is 1. The fourth-order valence-electron chi connectivity index (χ4n) is 1.80. The third-order valence-corrected chi connectivity index (χ3v) is 2.84. The summed E-state index contributed by atoms with van der Waals surface area (Å²) in [5, 5.41) is 3.34. The number of benzene rings is 1. The van der Waals surface area contributed by atoms with Crippen molar-refractivity contribution in [3.63, 3.8) is 0 Å². The van der Waals surface area contributed by atoms with Crippen LogP contribution in [0.5, 0.6) is 0 Å². The molecule has 0 atom stereocenters. The van der Waals surface area contributed by atoms with Crippen LogP contribution in [0.25, 0.3) is 10.9 Å². The Morgan fingerprint density at radius 2 is 1.96 bits per heavy atom. The van der Waals surface area contributed by atoms with Gasteiger partial charge in [0.1, 0.15) is 28.7 Å². The van der Waals surface area contributed by atoms with E-state index in [2.05, 4.69) is 27.1 Å². The van der Waals surface area contributed by atoms with Crippen molar-refractivity contribution in [2.24, 2.45) is 10.1 Å². The highest BCUT2D eigenvalue weighted by molar-refractivity contribution is 5.98. The van der Waals surface area contributed by atoms with Crippen LogP contribution in [0.2, 0.25) is 0 Å². The molecule has 1 heterocycles. The van der Waals surface area contributed by atoms with E-state index in [1.807, 2.05) is 0 Å². The number of allylic oxidation sites excluding steroid dienone is 1. The van der Waals surface area contributed by atoms with Gasteiger partial charge in [0.05, 0.1) is 11.1 Å². The standard InChI is InChI=1S/C15H12F4N4/c1-3-11(15(18)19)23-22-8(2)21-12-6-7-20-14-10(17)5-4-9(16)13(12)14/h3-7,15H,1H2,2H3,(H,20,21,22)/b23-11+. The molecule has 1 aromatic heterocycles. The first-order valence-electron chi connectivity index (χ1n) is 6.46. The number of rotatable bonds is 4. The van der Waals surface area contributed by atoms with E-state index in [4.69, 9.17) is 0 Å². The molecule has 120 valence electrons. The van der Waals surface area contributed by atoms with Gasteiger partial charge in [-0.2, -0.15) is 5.10 Å². The van der Waals surface area contributed by atoms with Gasteiger partial charge in [-0.3, -0.25) is 10.4 Å². The number of hydrogen-bond acceptors (Lipinski definition) is 3. The van der Waals surface area contributed by atoms with Crippen molar-refractivity contribution in [3.8, 4) is 0 Å². The Morgan fingerprint density at radius 1 is 1.26 bits per heavy atom. The van der Waals surface area contributed by atoms with Crippen LogP contribution < -0.4 is 5.43 Å². The third-order valence-electron chi connectivity index (χ3n) is 2.84. The highest BCUT2D eigenvalue weighted by Gasteiger charge is 2.12. The summed E-state index contributed by atoms with van der Waals surface area (Å²) in [7, 11) is 0. The summed E-state index contributed by atoms with van der Waals surface area (Å²) in [6.45, 7) is 4.66. The SMILES string of the molecule is C=C/C(=N\NC(C)=Nc1ccnc2c(F)ccc(F)c12)C(F)F.